The van der Waals surface area contributed by atoms with Crippen molar-refractivity contribution in [1.29, 1.82) is 5.26 Å². The molecule has 18 heteroatoms. The minimum Gasteiger partial charge on any atom is -0.378 e. The fourth-order valence-electron chi connectivity index (χ4n) is 5.54. The van der Waals surface area contributed by atoms with Crippen LogP contribution in [0.4, 0.5) is 14.5 Å². The molecule has 0 aliphatic carbocycles. The summed E-state index contributed by atoms with van der Waals surface area (Å²) < 4.78 is 39.8. The molecule has 4 rings (SSSR count). The van der Waals surface area contributed by atoms with E-state index in [-0.39, 0.29) is 23.8 Å². The van der Waals surface area contributed by atoms with E-state index in [1.165, 1.54) is 12.3 Å². The van der Waals surface area contributed by atoms with Gasteiger partial charge >= 0.3 is 0 Å². The van der Waals surface area contributed by atoms with Crippen LogP contribution in [0.25, 0.3) is 10.9 Å². The van der Waals surface area contributed by atoms with Crippen molar-refractivity contribution in [3.63, 3.8) is 0 Å². The predicted octanol–water partition coefficient (Wildman–Crippen LogP) is 1.56. The van der Waals surface area contributed by atoms with Crippen LogP contribution in [0, 0.1) is 11.3 Å². The summed E-state index contributed by atoms with van der Waals surface area (Å²) in [5.74, 6) is -4.90. The number of halogens is 2. The number of anilines is 1. The second-order valence-corrected chi connectivity index (χ2v) is 12.2. The van der Waals surface area contributed by atoms with E-state index in [1.54, 1.807) is 29.0 Å². The first kappa shape index (κ1) is 39.7. The van der Waals surface area contributed by atoms with Gasteiger partial charge in [0.1, 0.15) is 6.04 Å². The SMILES string of the molecule is N#CC1CC(F)(F)CN1C(=O)CNC(=O)c1ccnc2c(NC(=O)CCCc3cn(CCCCC(=O)NCCOCCOCCN)nn3)cccc12. The van der Waals surface area contributed by atoms with Gasteiger partial charge in [-0.2, -0.15) is 5.26 Å². The molecule has 16 nitrogen and oxygen atoms in total. The number of ether oxygens (including phenoxy) is 2. The molecule has 0 radical (unpaired) electrons. The fourth-order valence-corrected chi connectivity index (χ4v) is 5.54. The van der Waals surface area contributed by atoms with Crippen LogP contribution in [-0.2, 0) is 36.8 Å². The second kappa shape index (κ2) is 20.1. The highest BCUT2D eigenvalue weighted by Crippen LogP contribution is 2.31. The van der Waals surface area contributed by atoms with Crippen LogP contribution in [0.2, 0.25) is 0 Å². The standard InChI is InChI=1S/C34H44F2N10O6/c35-34(36)19-25(20-38)46(23-34)31(49)21-41-33(50)27-10-12-40-32-26(27)6-4-7-28(32)42-30(48)9-3-5-24-22-45(44-43-24)14-2-1-8-29(47)39-13-16-52-18-17-51-15-11-37/h4,6-7,10,12,22,25H,1-3,5,8-9,11,13-19,21,23,37H2,(H,39,47)(H,41,50)(H,42,48). The van der Waals surface area contributed by atoms with Gasteiger partial charge in [0.25, 0.3) is 11.8 Å². The Kier molecular flexibility index (Phi) is 15.3. The molecule has 0 saturated carbocycles. The summed E-state index contributed by atoms with van der Waals surface area (Å²) >= 11 is 0. The third kappa shape index (κ3) is 12.3. The summed E-state index contributed by atoms with van der Waals surface area (Å²) in [5, 5.41) is 26.0. The molecule has 5 N–H and O–H groups in total. The quantitative estimate of drug-likeness (QED) is 0.115. The molecule has 2 aromatic heterocycles. The van der Waals surface area contributed by atoms with Crippen LogP contribution in [0.1, 0.15) is 54.6 Å². The van der Waals surface area contributed by atoms with E-state index in [2.05, 4.69) is 31.2 Å². The lowest BCUT2D eigenvalue weighted by Crippen LogP contribution is -2.43. The lowest BCUT2D eigenvalue weighted by molar-refractivity contribution is -0.131. The van der Waals surface area contributed by atoms with Crippen molar-refractivity contribution in [2.45, 2.75) is 63.5 Å². The lowest BCUT2D eigenvalue weighted by Gasteiger charge is -2.19. The molecule has 1 fully saturated rings. The maximum Gasteiger partial charge on any atom is 0.268 e. The number of nitrogens with two attached hydrogens (primary N) is 1. The molecule has 1 aromatic carbocycles. The summed E-state index contributed by atoms with van der Waals surface area (Å²) in [6.45, 7) is 1.90. The molecule has 0 spiro atoms. The number of carbonyl (C=O) groups excluding carboxylic acids is 4. The van der Waals surface area contributed by atoms with Crippen LogP contribution >= 0.6 is 0 Å². The Morgan fingerprint density at radius 1 is 1.02 bits per heavy atom. The molecule has 1 aliphatic rings. The zero-order valence-electron chi connectivity index (χ0n) is 28.8. The molecule has 4 amide bonds. The first-order valence-electron chi connectivity index (χ1n) is 17.1. The third-order valence-electron chi connectivity index (χ3n) is 8.10. The van der Waals surface area contributed by atoms with Crippen LogP contribution in [0.15, 0.2) is 36.7 Å². The van der Waals surface area contributed by atoms with Crippen LogP contribution in [-0.4, -0.2) is 113 Å². The van der Waals surface area contributed by atoms with Crippen molar-refractivity contribution in [2.24, 2.45) is 5.73 Å². The maximum absolute atomic E-state index is 13.7. The number of amides is 4. The van der Waals surface area contributed by atoms with Gasteiger partial charge in [0, 0.05) is 56.7 Å². The second-order valence-electron chi connectivity index (χ2n) is 12.2. The van der Waals surface area contributed by atoms with E-state index in [1.807, 2.05) is 6.20 Å². The number of alkyl halides is 2. The Bertz CT molecular complexity index is 1720. The monoisotopic (exact) mass is 726 g/mol. The summed E-state index contributed by atoms with van der Waals surface area (Å²) in [5.41, 5.74) is 7.00. The van der Waals surface area contributed by atoms with Crippen molar-refractivity contribution in [3.05, 3.63) is 47.9 Å². The van der Waals surface area contributed by atoms with Crippen LogP contribution in [0.3, 0.4) is 0 Å². The zero-order valence-corrected chi connectivity index (χ0v) is 28.8. The number of rotatable bonds is 21. The highest BCUT2D eigenvalue weighted by Gasteiger charge is 2.47. The molecule has 1 aliphatic heterocycles. The summed E-state index contributed by atoms with van der Waals surface area (Å²) in [4.78, 5) is 55.5. The number of benzene rings is 1. The van der Waals surface area contributed by atoms with Gasteiger partial charge in [-0.15, -0.1) is 5.10 Å². The molecule has 0 bridgehead atoms. The van der Waals surface area contributed by atoms with Gasteiger partial charge in [0.05, 0.1) is 68.0 Å². The number of aryl methyl sites for hydroxylation is 2. The van der Waals surface area contributed by atoms with Crippen molar-refractivity contribution in [3.8, 4) is 6.07 Å². The molecular formula is C34H44F2N10O6. The van der Waals surface area contributed by atoms with Gasteiger partial charge in [0.2, 0.25) is 17.7 Å². The molecule has 3 heterocycles. The topological polar surface area (TPSA) is 219 Å². The molecule has 1 saturated heterocycles. The number of nitriles is 1. The Balaban J connectivity index is 1.15. The number of carbonyl (C=O) groups is 4. The average Bonchev–Trinajstić information content (AvgIpc) is 3.72. The molecule has 52 heavy (non-hydrogen) atoms. The normalized spacial score (nSPS) is 15.0. The average molecular weight is 727 g/mol. The number of para-hydroxylation sites is 1. The van der Waals surface area contributed by atoms with Gasteiger partial charge < -0.3 is 36.1 Å². The van der Waals surface area contributed by atoms with Crippen molar-refractivity contribution < 1.29 is 37.4 Å². The van der Waals surface area contributed by atoms with Gasteiger partial charge in [-0.05, 0) is 37.8 Å². The van der Waals surface area contributed by atoms with Crippen molar-refractivity contribution in [2.75, 3.05) is 57.9 Å². The van der Waals surface area contributed by atoms with Gasteiger partial charge in [-0.3, -0.25) is 28.8 Å². The lowest BCUT2D eigenvalue weighted by atomic mass is 10.1. The first-order valence-corrected chi connectivity index (χ1v) is 17.1. The summed E-state index contributed by atoms with van der Waals surface area (Å²) in [6, 6.07) is 6.83. The van der Waals surface area contributed by atoms with E-state index >= 15 is 0 Å². The Labute approximate surface area is 299 Å². The highest BCUT2D eigenvalue weighted by atomic mass is 19.3. The number of hydrogen-bond donors (Lipinski definition) is 4. The third-order valence-corrected chi connectivity index (χ3v) is 8.10. The highest BCUT2D eigenvalue weighted by molar-refractivity contribution is 6.10. The van der Waals surface area contributed by atoms with Crippen LogP contribution < -0.4 is 21.7 Å². The Morgan fingerprint density at radius 3 is 2.60 bits per heavy atom. The van der Waals surface area contributed by atoms with Crippen LogP contribution in [0.5, 0.6) is 0 Å². The molecule has 3 aromatic rings. The Hall–Kier alpha value is -5.12. The number of fused-ring (bicyclic) bond motifs is 1. The van der Waals surface area contributed by atoms with E-state index in [9.17, 15) is 28.0 Å². The number of hydrogen-bond acceptors (Lipinski definition) is 11. The number of likely N-dealkylation sites (tertiary alicyclic amines) is 1. The predicted molar refractivity (Wildman–Crippen MR) is 184 cm³/mol. The number of aromatic nitrogens is 4. The maximum atomic E-state index is 13.7. The minimum absolute atomic E-state index is 0.0402. The number of unbranched alkanes of at least 4 members (excludes halogenated alkanes) is 1. The van der Waals surface area contributed by atoms with E-state index in [4.69, 9.17) is 20.5 Å². The number of nitrogens with one attached hydrogen (secondary N) is 3. The molecular weight excluding hydrogens is 682 g/mol. The zero-order chi connectivity index (χ0) is 37.3. The van der Waals surface area contributed by atoms with E-state index in [0.717, 1.165) is 17.0 Å². The molecule has 1 unspecified atom stereocenters. The molecule has 280 valence electrons. The molecule has 1 atom stereocenters. The summed E-state index contributed by atoms with van der Waals surface area (Å²) in [7, 11) is 0. The van der Waals surface area contributed by atoms with Gasteiger partial charge in [0.15, 0.2) is 0 Å². The smallest absolute Gasteiger partial charge is 0.268 e. The van der Waals surface area contributed by atoms with E-state index in [0.29, 0.717) is 88.3 Å². The van der Waals surface area contributed by atoms with Crippen molar-refractivity contribution >= 4 is 40.2 Å². The first-order chi connectivity index (χ1) is 25.1. The number of pyridine rings is 1. The minimum atomic E-state index is -3.16. The fraction of sp³-hybridized carbons (Fsp3) is 0.529. The van der Waals surface area contributed by atoms with Gasteiger partial charge in [-0.25, -0.2) is 8.78 Å². The van der Waals surface area contributed by atoms with E-state index < -0.39 is 43.3 Å². The van der Waals surface area contributed by atoms with Gasteiger partial charge in [-0.1, -0.05) is 17.3 Å². The van der Waals surface area contributed by atoms with Crippen molar-refractivity contribution in [1.82, 2.24) is 35.5 Å². The summed E-state index contributed by atoms with van der Waals surface area (Å²) in [6.07, 6.45) is 5.52. The largest absolute Gasteiger partial charge is 0.378 e. The Morgan fingerprint density at radius 2 is 1.81 bits per heavy atom. The number of nitrogens with zero attached hydrogens (tertiary/aromatic N) is 6.